The Labute approximate surface area is 301 Å². The summed E-state index contributed by atoms with van der Waals surface area (Å²) in [4.78, 5) is 26.9. The highest BCUT2D eigenvalue weighted by atomic mass is 35.5. The number of likely N-dealkylation sites (tertiary alicyclic amines) is 2. The molecule has 2 aromatic rings. The second-order valence-corrected chi connectivity index (χ2v) is 16.4. The van der Waals surface area contributed by atoms with Crippen LogP contribution in [0.4, 0.5) is 11.5 Å². The molecule has 1 saturated carbocycles. The van der Waals surface area contributed by atoms with E-state index < -0.39 is 0 Å². The number of aldehydes is 1. The van der Waals surface area contributed by atoms with E-state index in [4.69, 9.17) is 44.2 Å². The summed E-state index contributed by atoms with van der Waals surface area (Å²) in [6.07, 6.45) is 10.1. The average Bonchev–Trinajstić information content (AvgIpc) is 3.52. The van der Waals surface area contributed by atoms with Gasteiger partial charge in [0.2, 0.25) is 5.91 Å². The molecule has 1 aromatic carbocycles. The molecule has 2 unspecified atom stereocenters. The number of anilines is 2. The van der Waals surface area contributed by atoms with Crippen molar-refractivity contribution in [1.29, 1.82) is 5.41 Å². The first kappa shape index (κ1) is 37.3. The Kier molecular flexibility index (Phi) is 11.2. The third kappa shape index (κ3) is 7.58. The van der Waals surface area contributed by atoms with Gasteiger partial charge in [-0.3, -0.25) is 14.3 Å². The molecule has 4 N–H and O–H groups in total. The second kappa shape index (κ2) is 14.7. The fraction of sp³-hybridized carbons (Fsp3) is 0.622. The Balaban J connectivity index is 0.000000258. The van der Waals surface area contributed by atoms with Crippen molar-refractivity contribution < 1.29 is 9.59 Å². The lowest BCUT2D eigenvalue weighted by Crippen LogP contribution is -2.60. The number of nitrogens with two attached hydrogens (primary N) is 1. The fourth-order valence-corrected chi connectivity index (χ4v) is 9.50. The highest BCUT2D eigenvalue weighted by molar-refractivity contribution is 6.44. The molecule has 0 radical (unpaired) electrons. The topological polar surface area (TPSA) is 124 Å². The number of nitrogen functional groups attached to an aromatic ring is 1. The molecule has 1 spiro atoms. The van der Waals surface area contributed by atoms with Gasteiger partial charge in [0.25, 0.3) is 0 Å². The van der Waals surface area contributed by atoms with Gasteiger partial charge >= 0.3 is 0 Å². The predicted octanol–water partition coefficient (Wildman–Crippen LogP) is 6.37. The minimum Gasteiger partial charge on any atom is -0.398 e. The lowest BCUT2D eigenvalue weighted by Gasteiger charge is -2.58. The Bertz CT molecular complexity index is 1560. The first-order chi connectivity index (χ1) is 23.1. The fourth-order valence-electron chi connectivity index (χ4n) is 9.03. The van der Waals surface area contributed by atoms with Crippen molar-refractivity contribution in [3.05, 3.63) is 40.0 Å². The highest BCUT2D eigenvalue weighted by Gasteiger charge is 2.52. The molecule has 1 aromatic heterocycles. The number of hydrogen-bond donors (Lipinski definition) is 3. The van der Waals surface area contributed by atoms with Gasteiger partial charge in [-0.2, -0.15) is 5.10 Å². The van der Waals surface area contributed by atoms with E-state index >= 15 is 0 Å². The first-order valence-corrected chi connectivity index (χ1v) is 18.3. The van der Waals surface area contributed by atoms with Crippen LogP contribution in [0.1, 0.15) is 83.5 Å². The molecule has 1 aliphatic carbocycles. The molecule has 3 atom stereocenters. The van der Waals surface area contributed by atoms with Crippen LogP contribution in [-0.2, 0) is 9.59 Å². The minimum atomic E-state index is -0.0446. The van der Waals surface area contributed by atoms with Crippen molar-refractivity contribution in [2.24, 2.45) is 11.3 Å². The average molecular weight is 714 g/mol. The van der Waals surface area contributed by atoms with Crippen molar-refractivity contribution in [1.82, 2.24) is 24.9 Å². The Hall–Kier alpha value is -2.92. The number of aromatic nitrogens is 2. The minimum absolute atomic E-state index is 0.0446. The molecular formula is C37H54Cl2N8O2. The Morgan fingerprint density at radius 2 is 1.73 bits per heavy atom. The summed E-state index contributed by atoms with van der Waals surface area (Å²) >= 11 is 13.4. The van der Waals surface area contributed by atoms with Crippen LogP contribution in [0.25, 0.3) is 11.1 Å². The van der Waals surface area contributed by atoms with E-state index in [9.17, 15) is 4.79 Å². The molecule has 4 aliphatic heterocycles. The number of piperidine rings is 1. The predicted molar refractivity (Wildman–Crippen MR) is 201 cm³/mol. The maximum absolute atomic E-state index is 11.0. The lowest BCUT2D eigenvalue weighted by molar-refractivity contribution is -0.130. The zero-order chi connectivity index (χ0) is 35.8. The van der Waals surface area contributed by atoms with Crippen molar-refractivity contribution in [2.75, 3.05) is 50.4 Å². The van der Waals surface area contributed by atoms with Gasteiger partial charge in [-0.1, -0.05) is 36.7 Å². The number of nitrogens with zero attached hydrogens (tertiary/aromatic N) is 5. The molecule has 7 rings (SSSR count). The monoisotopic (exact) mass is 712 g/mol. The highest BCUT2D eigenvalue weighted by Crippen LogP contribution is 2.55. The molecular weight excluding hydrogens is 659 g/mol. The third-order valence-corrected chi connectivity index (χ3v) is 11.9. The van der Waals surface area contributed by atoms with Gasteiger partial charge in [-0.25, -0.2) is 0 Å². The smallest absolute Gasteiger partial charge is 0.219 e. The molecule has 5 heterocycles. The van der Waals surface area contributed by atoms with Gasteiger partial charge in [0.15, 0.2) is 5.82 Å². The van der Waals surface area contributed by atoms with Crippen molar-refractivity contribution >= 4 is 53.1 Å². The molecule has 4 saturated heterocycles. The van der Waals surface area contributed by atoms with Crippen LogP contribution in [-0.4, -0.2) is 95.4 Å². The van der Waals surface area contributed by atoms with Gasteiger partial charge in [0, 0.05) is 91.6 Å². The van der Waals surface area contributed by atoms with E-state index in [0.29, 0.717) is 57.0 Å². The van der Waals surface area contributed by atoms with Crippen LogP contribution in [0.3, 0.4) is 0 Å². The molecule has 10 nitrogen and oxygen atoms in total. The van der Waals surface area contributed by atoms with E-state index in [2.05, 4.69) is 61.1 Å². The summed E-state index contributed by atoms with van der Waals surface area (Å²) in [5.41, 5.74) is 10.6. The SMILES string of the molecule is C=CC=O.CC(=O)N1CC2CCC(C1)N2.Cc1c(-c2c(Cl)c(Cl)cc(N)c2C=N)c(N2CC[C@@H](C)CC2(C)C)nn1C1CC2(C1)CN(C)C2. The molecule has 5 aliphatic rings. The van der Waals surface area contributed by atoms with Crippen LogP contribution in [0.5, 0.6) is 0 Å². The zero-order valence-electron chi connectivity index (χ0n) is 30.0. The summed E-state index contributed by atoms with van der Waals surface area (Å²) in [5.74, 6) is 1.83. The number of nitrogens with one attached hydrogen (secondary N) is 2. The van der Waals surface area contributed by atoms with Gasteiger partial charge in [0.05, 0.1) is 16.1 Å². The standard InChI is InChI=1S/C26H36Cl2N6.C8H14N2O.C3H4O/c1-15-6-7-33(25(3,4)9-15)24-21(22-18(12-29)20(30)8-19(27)23(22)28)16(2)34(31-24)17-10-26(11-17)13-32(5)14-26;1-6(11)10-4-7-2-3-8(5-10)9-7;1-2-3-4/h8,12,15,17,29H,6-7,9-11,13-14,30H2,1-5H3;7-9H,2-5H2,1H3;2-3H,1H2/t15-;;/m1../s1. The number of fused-ring (bicyclic) bond motifs is 2. The van der Waals surface area contributed by atoms with E-state index in [1.165, 1.54) is 38.2 Å². The summed E-state index contributed by atoms with van der Waals surface area (Å²) in [6, 6.07) is 3.18. The summed E-state index contributed by atoms with van der Waals surface area (Å²) in [7, 11) is 2.19. The molecule has 12 heteroatoms. The van der Waals surface area contributed by atoms with Gasteiger partial charge in [-0.05, 0) is 89.8 Å². The van der Waals surface area contributed by atoms with Crippen LogP contribution in [0.2, 0.25) is 10.0 Å². The number of carbonyl (C=O) groups excluding carboxylic acids is 2. The van der Waals surface area contributed by atoms with E-state index in [1.54, 1.807) is 13.0 Å². The molecule has 5 fully saturated rings. The van der Waals surface area contributed by atoms with Crippen molar-refractivity contribution in [3.8, 4) is 11.1 Å². The molecule has 2 bridgehead atoms. The number of halogens is 2. The van der Waals surface area contributed by atoms with E-state index in [1.807, 2.05) is 4.90 Å². The normalized spacial score (nSPS) is 25.3. The summed E-state index contributed by atoms with van der Waals surface area (Å²) < 4.78 is 2.23. The lowest BCUT2D eigenvalue weighted by atomic mass is 9.61. The number of amides is 1. The number of benzene rings is 1. The molecule has 49 heavy (non-hydrogen) atoms. The maximum atomic E-state index is 11.0. The van der Waals surface area contributed by atoms with Crippen molar-refractivity contribution in [2.45, 2.75) is 96.8 Å². The first-order valence-electron chi connectivity index (χ1n) is 17.5. The number of hydrogen-bond acceptors (Lipinski definition) is 8. The van der Waals surface area contributed by atoms with Crippen LogP contribution in [0, 0.1) is 23.7 Å². The Morgan fingerprint density at radius 3 is 2.24 bits per heavy atom. The number of piperazine rings is 1. The summed E-state index contributed by atoms with van der Waals surface area (Å²) in [5, 5.41) is 17.7. The quantitative estimate of drug-likeness (QED) is 0.143. The van der Waals surface area contributed by atoms with Gasteiger partial charge < -0.3 is 31.2 Å². The number of rotatable bonds is 5. The van der Waals surface area contributed by atoms with E-state index in [0.717, 1.165) is 68.0 Å². The van der Waals surface area contributed by atoms with Crippen LogP contribution >= 0.6 is 23.2 Å². The summed E-state index contributed by atoms with van der Waals surface area (Å²) in [6.45, 7) is 19.0. The maximum Gasteiger partial charge on any atom is 0.219 e. The Morgan fingerprint density at radius 1 is 1.12 bits per heavy atom. The van der Waals surface area contributed by atoms with E-state index in [-0.39, 0.29) is 11.4 Å². The van der Waals surface area contributed by atoms with Gasteiger partial charge in [-0.15, -0.1) is 0 Å². The second-order valence-electron chi connectivity index (χ2n) is 15.7. The largest absolute Gasteiger partial charge is 0.398 e. The number of allylic oxidation sites excluding steroid dienone is 1. The van der Waals surface area contributed by atoms with Crippen LogP contribution < -0.4 is 16.0 Å². The zero-order valence-corrected chi connectivity index (χ0v) is 31.5. The number of carbonyl (C=O) groups is 2. The van der Waals surface area contributed by atoms with Gasteiger partial charge in [0.1, 0.15) is 6.29 Å². The third-order valence-electron chi connectivity index (χ3n) is 11.1. The molecule has 1 amide bonds. The van der Waals surface area contributed by atoms with Crippen LogP contribution in [0.15, 0.2) is 18.7 Å². The van der Waals surface area contributed by atoms with Crippen molar-refractivity contribution in [3.63, 3.8) is 0 Å². The molecule has 268 valence electrons.